The summed E-state index contributed by atoms with van der Waals surface area (Å²) in [6.45, 7) is 7.05. The summed E-state index contributed by atoms with van der Waals surface area (Å²) in [5, 5.41) is 9.08. The molecule has 0 aromatic heterocycles. The van der Waals surface area contributed by atoms with Crippen molar-refractivity contribution in [2.45, 2.75) is 27.7 Å². The number of rotatable bonds is 2. The topological polar surface area (TPSA) is 40.9 Å². The number of hydrogen-bond acceptors (Lipinski definition) is 2. The van der Waals surface area contributed by atoms with Gasteiger partial charge in [-0.05, 0) is 37.6 Å². The summed E-state index contributed by atoms with van der Waals surface area (Å²) in [4.78, 5) is 11.5. The molecule has 108 valence electrons. The molecule has 0 fully saturated rings. The van der Waals surface area contributed by atoms with E-state index < -0.39 is 5.82 Å². The molecule has 0 aliphatic carbocycles. The average Bonchev–Trinajstić information content (AvgIpc) is 2.51. The van der Waals surface area contributed by atoms with E-state index in [9.17, 15) is 9.18 Å². The van der Waals surface area contributed by atoms with Crippen LogP contribution in [0.2, 0.25) is 0 Å². The molecular weight excluding hydrogens is 265 g/mol. The Morgan fingerprint density at radius 3 is 2.33 bits per heavy atom. The largest absolute Gasteiger partial charge is 0.295 e. The Morgan fingerprint density at radius 1 is 1.14 bits per heavy atom. The Kier molecular flexibility index (Phi) is 5.80. The fourth-order valence-electron chi connectivity index (χ4n) is 1.98. The molecule has 0 aliphatic heterocycles. The van der Waals surface area contributed by atoms with E-state index in [1.807, 2.05) is 19.9 Å². The molecule has 2 nitrogen and oxygen atoms in total. The third kappa shape index (κ3) is 3.55. The van der Waals surface area contributed by atoms with Gasteiger partial charge in [-0.2, -0.15) is 5.26 Å². The third-order valence-corrected chi connectivity index (χ3v) is 3.00. The van der Waals surface area contributed by atoms with Gasteiger partial charge in [-0.3, -0.25) is 4.79 Å². The SMILES string of the molecule is CC.CC(=O)c1cc(C)c(F)c(-c2ccccc2C#N)c1. The highest BCUT2D eigenvalue weighted by molar-refractivity contribution is 5.95. The molecule has 0 aliphatic rings. The molecule has 0 heterocycles. The van der Waals surface area contributed by atoms with Gasteiger partial charge in [-0.15, -0.1) is 0 Å². The zero-order chi connectivity index (χ0) is 16.0. The number of halogens is 1. The highest BCUT2D eigenvalue weighted by Gasteiger charge is 2.14. The second kappa shape index (κ2) is 7.35. The van der Waals surface area contributed by atoms with E-state index in [1.54, 1.807) is 31.2 Å². The number of carbonyl (C=O) groups is 1. The maximum Gasteiger partial charge on any atom is 0.159 e. The molecule has 0 spiro atoms. The molecule has 2 rings (SSSR count). The van der Waals surface area contributed by atoms with Crippen LogP contribution in [0.3, 0.4) is 0 Å². The van der Waals surface area contributed by atoms with E-state index in [0.29, 0.717) is 27.8 Å². The number of carbonyl (C=O) groups excluding carboxylic acids is 1. The maximum absolute atomic E-state index is 14.2. The summed E-state index contributed by atoms with van der Waals surface area (Å²) in [7, 11) is 0. The van der Waals surface area contributed by atoms with E-state index in [4.69, 9.17) is 5.26 Å². The molecule has 21 heavy (non-hydrogen) atoms. The summed E-state index contributed by atoms with van der Waals surface area (Å²) in [5.74, 6) is -0.522. The van der Waals surface area contributed by atoms with Crippen molar-refractivity contribution >= 4 is 5.78 Å². The van der Waals surface area contributed by atoms with Crippen LogP contribution in [0.25, 0.3) is 11.1 Å². The summed E-state index contributed by atoms with van der Waals surface area (Å²) >= 11 is 0. The van der Waals surface area contributed by atoms with Crippen molar-refractivity contribution in [2.75, 3.05) is 0 Å². The highest BCUT2D eigenvalue weighted by atomic mass is 19.1. The van der Waals surface area contributed by atoms with Crippen LogP contribution in [0.1, 0.15) is 42.3 Å². The van der Waals surface area contributed by atoms with Crippen LogP contribution in [-0.4, -0.2) is 5.78 Å². The van der Waals surface area contributed by atoms with Crippen LogP contribution in [0.4, 0.5) is 4.39 Å². The van der Waals surface area contributed by atoms with Gasteiger partial charge < -0.3 is 0 Å². The molecular formula is C18H18FNO. The standard InChI is InChI=1S/C16H12FNO.C2H6/c1-10-7-13(11(2)19)8-15(16(10)17)14-6-4-3-5-12(14)9-18;1-2/h3-8H,1-2H3;1-2H3. The quantitative estimate of drug-likeness (QED) is 0.735. The van der Waals surface area contributed by atoms with Crippen molar-refractivity contribution in [1.82, 2.24) is 0 Å². The van der Waals surface area contributed by atoms with Crippen LogP contribution < -0.4 is 0 Å². The van der Waals surface area contributed by atoms with E-state index in [0.717, 1.165) is 0 Å². The lowest BCUT2D eigenvalue weighted by atomic mass is 9.95. The molecule has 0 saturated heterocycles. The Hall–Kier alpha value is -2.47. The molecule has 3 heteroatoms. The molecule has 0 radical (unpaired) electrons. The van der Waals surface area contributed by atoms with Crippen LogP contribution in [0.15, 0.2) is 36.4 Å². The molecule has 0 saturated carbocycles. The average molecular weight is 283 g/mol. The Balaban J connectivity index is 0.00000106. The van der Waals surface area contributed by atoms with E-state index in [1.165, 1.54) is 19.1 Å². The zero-order valence-corrected chi connectivity index (χ0v) is 12.7. The van der Waals surface area contributed by atoms with Crippen molar-refractivity contribution < 1.29 is 9.18 Å². The van der Waals surface area contributed by atoms with Crippen molar-refractivity contribution in [1.29, 1.82) is 5.26 Å². The molecule has 0 unspecified atom stereocenters. The molecule has 2 aromatic rings. The Morgan fingerprint density at radius 2 is 1.76 bits per heavy atom. The minimum Gasteiger partial charge on any atom is -0.295 e. The van der Waals surface area contributed by atoms with Gasteiger partial charge in [-0.1, -0.05) is 32.0 Å². The van der Waals surface area contributed by atoms with Gasteiger partial charge in [0.05, 0.1) is 11.6 Å². The van der Waals surface area contributed by atoms with Gasteiger partial charge >= 0.3 is 0 Å². The van der Waals surface area contributed by atoms with E-state index in [-0.39, 0.29) is 5.78 Å². The number of Topliss-reactive ketones (excluding diaryl/α,β-unsaturated/α-hetero) is 1. The first-order valence-electron chi connectivity index (χ1n) is 6.85. The van der Waals surface area contributed by atoms with Crippen LogP contribution >= 0.6 is 0 Å². The van der Waals surface area contributed by atoms with Gasteiger partial charge in [0, 0.05) is 16.7 Å². The molecule has 0 N–H and O–H groups in total. The summed E-state index contributed by atoms with van der Waals surface area (Å²) < 4.78 is 14.2. The lowest BCUT2D eigenvalue weighted by molar-refractivity contribution is 0.101. The van der Waals surface area contributed by atoms with Gasteiger partial charge in [-0.25, -0.2) is 4.39 Å². The van der Waals surface area contributed by atoms with Crippen molar-refractivity contribution in [3.8, 4) is 17.2 Å². The van der Waals surface area contributed by atoms with Gasteiger partial charge in [0.25, 0.3) is 0 Å². The van der Waals surface area contributed by atoms with Gasteiger partial charge in [0.1, 0.15) is 5.82 Å². The molecule has 0 amide bonds. The summed E-state index contributed by atoms with van der Waals surface area (Å²) in [6, 6.07) is 11.8. The molecule has 0 bridgehead atoms. The lowest BCUT2D eigenvalue weighted by Crippen LogP contribution is -1.98. The molecule has 2 aromatic carbocycles. The fraction of sp³-hybridized carbons (Fsp3) is 0.222. The normalized spacial score (nSPS) is 9.33. The monoisotopic (exact) mass is 283 g/mol. The van der Waals surface area contributed by atoms with E-state index >= 15 is 0 Å². The van der Waals surface area contributed by atoms with Gasteiger partial charge in [0.15, 0.2) is 5.78 Å². The Bertz CT molecular complexity index is 699. The van der Waals surface area contributed by atoms with Crippen molar-refractivity contribution in [2.24, 2.45) is 0 Å². The number of aryl methyl sites for hydroxylation is 1. The van der Waals surface area contributed by atoms with Crippen molar-refractivity contribution in [3.05, 3.63) is 58.9 Å². The first kappa shape index (κ1) is 16.6. The number of ketones is 1. The number of hydrogen-bond donors (Lipinski definition) is 0. The van der Waals surface area contributed by atoms with Crippen LogP contribution in [0.5, 0.6) is 0 Å². The van der Waals surface area contributed by atoms with Crippen LogP contribution in [-0.2, 0) is 0 Å². The number of nitriles is 1. The minimum absolute atomic E-state index is 0.126. The third-order valence-electron chi connectivity index (χ3n) is 3.00. The van der Waals surface area contributed by atoms with Crippen LogP contribution in [0, 0.1) is 24.1 Å². The lowest BCUT2D eigenvalue weighted by Gasteiger charge is -2.09. The first-order chi connectivity index (χ1) is 10.0. The first-order valence-corrected chi connectivity index (χ1v) is 6.85. The second-order valence-electron chi connectivity index (χ2n) is 4.37. The van der Waals surface area contributed by atoms with Crippen molar-refractivity contribution in [3.63, 3.8) is 0 Å². The highest BCUT2D eigenvalue weighted by Crippen LogP contribution is 2.29. The smallest absolute Gasteiger partial charge is 0.159 e. The van der Waals surface area contributed by atoms with Gasteiger partial charge in [0.2, 0.25) is 0 Å². The Labute approximate surface area is 124 Å². The second-order valence-corrected chi connectivity index (χ2v) is 4.37. The van der Waals surface area contributed by atoms with E-state index in [2.05, 4.69) is 0 Å². The minimum atomic E-state index is -0.396. The molecule has 0 atom stereocenters. The fourth-order valence-corrected chi connectivity index (χ4v) is 1.98. The summed E-state index contributed by atoms with van der Waals surface area (Å²) in [6.07, 6.45) is 0. The number of nitrogens with zero attached hydrogens (tertiary/aromatic N) is 1. The zero-order valence-electron chi connectivity index (χ0n) is 12.7. The predicted octanol–water partition coefficient (Wildman–Crippen LogP) is 4.90. The predicted molar refractivity (Wildman–Crippen MR) is 82.6 cm³/mol. The number of benzene rings is 2. The maximum atomic E-state index is 14.2. The summed E-state index contributed by atoms with van der Waals surface area (Å²) in [5.41, 5.74) is 2.04.